The average molecular weight is 438 g/mol. The standard InChI is InChI=1S/C20H21BrFNO4/c1-25-14-6-8-18(26-2)15(11-14)17-4-3-9-23(17)20(24)12-27-19-7-5-13(21)10-16(19)22/h5-8,10-11,17H,3-4,9,12H2,1-2H3. The van der Waals surface area contributed by atoms with Crippen LogP contribution in [0.25, 0.3) is 0 Å². The molecule has 1 aliphatic heterocycles. The van der Waals surface area contributed by atoms with E-state index in [4.69, 9.17) is 14.2 Å². The Kier molecular flexibility index (Phi) is 6.21. The summed E-state index contributed by atoms with van der Waals surface area (Å²) in [5.41, 5.74) is 0.900. The molecule has 0 saturated carbocycles. The number of halogens is 2. The molecule has 7 heteroatoms. The summed E-state index contributed by atoms with van der Waals surface area (Å²) in [7, 11) is 3.20. The summed E-state index contributed by atoms with van der Waals surface area (Å²) in [6.07, 6.45) is 1.70. The maximum Gasteiger partial charge on any atom is 0.261 e. The van der Waals surface area contributed by atoms with Gasteiger partial charge in [0.1, 0.15) is 11.5 Å². The second-order valence-corrected chi connectivity index (χ2v) is 7.13. The zero-order valence-electron chi connectivity index (χ0n) is 15.2. The van der Waals surface area contributed by atoms with E-state index < -0.39 is 5.82 Å². The van der Waals surface area contributed by atoms with E-state index in [1.807, 2.05) is 18.2 Å². The Morgan fingerprint density at radius 2 is 1.96 bits per heavy atom. The highest BCUT2D eigenvalue weighted by molar-refractivity contribution is 9.10. The highest BCUT2D eigenvalue weighted by atomic mass is 79.9. The van der Waals surface area contributed by atoms with Crippen LogP contribution in [0.4, 0.5) is 4.39 Å². The quantitative estimate of drug-likeness (QED) is 0.673. The monoisotopic (exact) mass is 437 g/mol. The Morgan fingerprint density at radius 1 is 1.19 bits per heavy atom. The van der Waals surface area contributed by atoms with Crippen LogP contribution in [-0.2, 0) is 4.79 Å². The molecule has 3 rings (SSSR count). The predicted octanol–water partition coefficient (Wildman–Crippen LogP) is 4.35. The van der Waals surface area contributed by atoms with E-state index in [0.717, 1.165) is 18.4 Å². The summed E-state index contributed by atoms with van der Waals surface area (Å²) >= 11 is 3.20. The van der Waals surface area contributed by atoms with Crippen molar-refractivity contribution in [3.8, 4) is 17.2 Å². The Bertz CT molecular complexity index is 830. The zero-order valence-corrected chi connectivity index (χ0v) is 16.8. The largest absolute Gasteiger partial charge is 0.497 e. The van der Waals surface area contributed by atoms with Crippen molar-refractivity contribution in [2.75, 3.05) is 27.4 Å². The van der Waals surface area contributed by atoms with Crippen LogP contribution in [-0.4, -0.2) is 38.2 Å². The molecule has 144 valence electrons. The van der Waals surface area contributed by atoms with Crippen molar-refractivity contribution >= 4 is 21.8 Å². The molecular weight excluding hydrogens is 417 g/mol. The minimum absolute atomic E-state index is 0.0567. The first-order valence-electron chi connectivity index (χ1n) is 8.62. The summed E-state index contributed by atoms with van der Waals surface area (Å²) in [5, 5.41) is 0. The van der Waals surface area contributed by atoms with Gasteiger partial charge in [-0.15, -0.1) is 0 Å². The third-order valence-electron chi connectivity index (χ3n) is 4.61. The fraction of sp³-hybridized carbons (Fsp3) is 0.350. The number of hydrogen-bond acceptors (Lipinski definition) is 4. The van der Waals surface area contributed by atoms with Crippen LogP contribution in [0.5, 0.6) is 17.2 Å². The molecule has 1 saturated heterocycles. The van der Waals surface area contributed by atoms with Gasteiger partial charge in [0, 0.05) is 16.6 Å². The van der Waals surface area contributed by atoms with Crippen LogP contribution >= 0.6 is 15.9 Å². The van der Waals surface area contributed by atoms with Crippen molar-refractivity contribution < 1.29 is 23.4 Å². The second kappa shape index (κ2) is 8.61. The Hall–Kier alpha value is -2.28. The van der Waals surface area contributed by atoms with Gasteiger partial charge < -0.3 is 19.1 Å². The highest BCUT2D eigenvalue weighted by Crippen LogP contribution is 2.39. The number of amides is 1. The van der Waals surface area contributed by atoms with Crippen molar-refractivity contribution in [2.45, 2.75) is 18.9 Å². The molecule has 2 aromatic carbocycles. The minimum Gasteiger partial charge on any atom is -0.497 e. The Balaban J connectivity index is 1.75. The zero-order chi connectivity index (χ0) is 19.4. The number of carbonyl (C=O) groups is 1. The summed E-state index contributed by atoms with van der Waals surface area (Å²) in [6, 6.07) is 9.90. The van der Waals surface area contributed by atoms with E-state index in [9.17, 15) is 9.18 Å². The lowest BCUT2D eigenvalue weighted by Crippen LogP contribution is -2.34. The van der Waals surface area contributed by atoms with E-state index in [1.165, 1.54) is 12.1 Å². The predicted molar refractivity (Wildman–Crippen MR) is 103 cm³/mol. The number of ether oxygens (including phenoxy) is 3. The molecule has 0 radical (unpaired) electrons. The van der Waals surface area contributed by atoms with Crippen molar-refractivity contribution in [3.63, 3.8) is 0 Å². The third kappa shape index (κ3) is 4.35. The SMILES string of the molecule is COc1ccc(OC)c(C2CCCN2C(=O)COc2ccc(Br)cc2F)c1. The molecule has 5 nitrogen and oxygen atoms in total. The number of hydrogen-bond donors (Lipinski definition) is 0. The van der Waals surface area contributed by atoms with Gasteiger partial charge in [-0.25, -0.2) is 4.39 Å². The number of nitrogens with zero attached hydrogens (tertiary/aromatic N) is 1. The maximum absolute atomic E-state index is 13.9. The number of rotatable bonds is 6. The molecule has 0 spiro atoms. The summed E-state index contributed by atoms with van der Waals surface area (Å²) in [4.78, 5) is 14.5. The molecular formula is C20H21BrFNO4. The molecule has 0 N–H and O–H groups in total. The van der Waals surface area contributed by atoms with Gasteiger partial charge >= 0.3 is 0 Å². The lowest BCUT2D eigenvalue weighted by Gasteiger charge is -2.26. The van der Waals surface area contributed by atoms with Crippen LogP contribution in [0.15, 0.2) is 40.9 Å². The van der Waals surface area contributed by atoms with E-state index in [-0.39, 0.29) is 24.3 Å². The van der Waals surface area contributed by atoms with Gasteiger partial charge in [-0.05, 0) is 49.2 Å². The average Bonchev–Trinajstić information content (AvgIpc) is 3.16. The topological polar surface area (TPSA) is 48.0 Å². The number of carbonyl (C=O) groups excluding carboxylic acids is 1. The molecule has 27 heavy (non-hydrogen) atoms. The first-order valence-corrected chi connectivity index (χ1v) is 9.42. The number of benzene rings is 2. The van der Waals surface area contributed by atoms with Gasteiger partial charge in [0.05, 0.1) is 20.3 Å². The van der Waals surface area contributed by atoms with Crippen LogP contribution in [0.3, 0.4) is 0 Å². The van der Waals surface area contributed by atoms with Gasteiger partial charge in [-0.1, -0.05) is 15.9 Å². The molecule has 1 unspecified atom stereocenters. The normalized spacial score (nSPS) is 16.3. The van der Waals surface area contributed by atoms with E-state index >= 15 is 0 Å². The number of methoxy groups -OCH3 is 2. The van der Waals surface area contributed by atoms with Gasteiger partial charge in [0.2, 0.25) is 0 Å². The first kappa shape index (κ1) is 19.5. The lowest BCUT2D eigenvalue weighted by atomic mass is 10.0. The molecule has 1 fully saturated rings. The summed E-state index contributed by atoms with van der Waals surface area (Å²) in [6.45, 7) is 0.400. The minimum atomic E-state index is -0.510. The summed E-state index contributed by atoms with van der Waals surface area (Å²) < 4.78 is 30.7. The van der Waals surface area contributed by atoms with Crippen LogP contribution in [0.2, 0.25) is 0 Å². The van der Waals surface area contributed by atoms with Crippen LogP contribution in [0.1, 0.15) is 24.4 Å². The van der Waals surface area contributed by atoms with Crippen LogP contribution < -0.4 is 14.2 Å². The van der Waals surface area contributed by atoms with E-state index in [2.05, 4.69) is 15.9 Å². The molecule has 1 aliphatic rings. The highest BCUT2D eigenvalue weighted by Gasteiger charge is 2.32. The van der Waals surface area contributed by atoms with Crippen LogP contribution in [0, 0.1) is 5.82 Å². The van der Waals surface area contributed by atoms with Gasteiger partial charge in [0.25, 0.3) is 5.91 Å². The lowest BCUT2D eigenvalue weighted by molar-refractivity contribution is -0.134. The molecule has 1 atom stereocenters. The molecule has 1 amide bonds. The van der Waals surface area contributed by atoms with E-state index in [0.29, 0.717) is 22.5 Å². The smallest absolute Gasteiger partial charge is 0.261 e. The van der Waals surface area contributed by atoms with Crippen molar-refractivity contribution in [1.29, 1.82) is 0 Å². The molecule has 0 bridgehead atoms. The number of likely N-dealkylation sites (tertiary alicyclic amines) is 1. The first-order chi connectivity index (χ1) is 13.0. The van der Waals surface area contributed by atoms with Crippen molar-refractivity contribution in [1.82, 2.24) is 4.90 Å². The Labute approximate surface area is 166 Å². The maximum atomic E-state index is 13.9. The molecule has 0 aliphatic carbocycles. The van der Waals surface area contributed by atoms with Gasteiger partial charge in [-0.2, -0.15) is 0 Å². The van der Waals surface area contributed by atoms with Gasteiger partial charge in [-0.3, -0.25) is 4.79 Å². The Morgan fingerprint density at radius 3 is 2.67 bits per heavy atom. The third-order valence-corrected chi connectivity index (χ3v) is 5.11. The van der Waals surface area contributed by atoms with Crippen molar-refractivity contribution in [2.24, 2.45) is 0 Å². The fourth-order valence-electron chi connectivity index (χ4n) is 3.30. The molecule has 2 aromatic rings. The fourth-order valence-corrected chi connectivity index (χ4v) is 3.64. The molecule has 0 aromatic heterocycles. The molecule has 1 heterocycles. The van der Waals surface area contributed by atoms with Crippen molar-refractivity contribution in [3.05, 3.63) is 52.3 Å². The second-order valence-electron chi connectivity index (χ2n) is 6.22. The van der Waals surface area contributed by atoms with E-state index in [1.54, 1.807) is 25.2 Å². The summed E-state index contributed by atoms with van der Waals surface area (Å²) in [5.74, 6) is 0.772. The van der Waals surface area contributed by atoms with Gasteiger partial charge in [0.15, 0.2) is 18.2 Å².